The summed E-state index contributed by atoms with van der Waals surface area (Å²) in [5.74, 6) is 0.816. The Hall–Kier alpha value is -8.80. The third-order valence-electron chi connectivity index (χ3n) is 14.5. The standard InChI is InChI=1S/C63H43N5/c1-63(2)54-23-11-8-19-47(54)48-37-36-45(38-55(48)63)66(43-32-28-41(29-33-43)40-16-4-3-5-17-40)44-34-30-42(31-35-44)52-39-53-49-20-10-14-26-58(49)67(60(53)50-21-7-6-18-46(50)52)62-65-56-24-12-9-22-51(56)61-64-57-25-13-15-27-59(57)68(61)62/h3-39H,1-2H3. The lowest BCUT2D eigenvalue weighted by Crippen LogP contribution is -2.16. The van der Waals surface area contributed by atoms with Gasteiger partial charge in [-0.15, -0.1) is 0 Å². The number of aromatic nitrogens is 4. The summed E-state index contributed by atoms with van der Waals surface area (Å²) in [6.45, 7) is 4.71. The minimum atomic E-state index is -0.125. The van der Waals surface area contributed by atoms with Crippen LogP contribution in [0.4, 0.5) is 17.1 Å². The summed E-state index contributed by atoms with van der Waals surface area (Å²) in [7, 11) is 0. The van der Waals surface area contributed by atoms with Crippen molar-refractivity contribution in [2.75, 3.05) is 4.90 Å². The molecule has 320 valence electrons. The molecule has 5 heteroatoms. The van der Waals surface area contributed by atoms with Crippen LogP contribution in [-0.2, 0) is 5.41 Å². The maximum Gasteiger partial charge on any atom is 0.221 e. The van der Waals surface area contributed by atoms with Crippen LogP contribution in [0, 0.1) is 0 Å². The van der Waals surface area contributed by atoms with Crippen molar-refractivity contribution in [1.29, 1.82) is 0 Å². The number of rotatable bonds is 6. The first-order valence-corrected chi connectivity index (χ1v) is 23.4. The number of fused-ring (bicyclic) bond motifs is 13. The van der Waals surface area contributed by atoms with Crippen molar-refractivity contribution < 1.29 is 0 Å². The Bertz CT molecular complexity index is 4160. The molecule has 1 aliphatic rings. The van der Waals surface area contributed by atoms with Gasteiger partial charge in [-0.1, -0.05) is 166 Å². The molecule has 0 unspecified atom stereocenters. The molecule has 0 saturated carbocycles. The molecule has 5 nitrogen and oxygen atoms in total. The van der Waals surface area contributed by atoms with Crippen molar-refractivity contribution in [2.24, 2.45) is 0 Å². The molecular weight excluding hydrogens is 827 g/mol. The SMILES string of the molecule is CC1(C)c2ccccc2-c2ccc(N(c3ccc(-c4ccccc4)cc3)c3ccc(-c4cc5c6ccccc6n(-c6nc7ccccc7c7nc8ccccc8n67)c5c5ccccc45)cc3)cc21. The van der Waals surface area contributed by atoms with Gasteiger partial charge in [0.1, 0.15) is 5.65 Å². The largest absolute Gasteiger partial charge is 0.310 e. The number of hydrogen-bond donors (Lipinski definition) is 0. The van der Waals surface area contributed by atoms with E-state index in [4.69, 9.17) is 9.97 Å². The summed E-state index contributed by atoms with van der Waals surface area (Å²) in [6, 6.07) is 81.4. The molecule has 0 spiro atoms. The number of imidazole rings is 1. The highest BCUT2D eigenvalue weighted by Crippen LogP contribution is 2.51. The van der Waals surface area contributed by atoms with Crippen molar-refractivity contribution in [1.82, 2.24) is 18.9 Å². The highest BCUT2D eigenvalue weighted by molar-refractivity contribution is 6.22. The van der Waals surface area contributed by atoms with Gasteiger partial charge in [-0.25, -0.2) is 9.97 Å². The second-order valence-corrected chi connectivity index (χ2v) is 18.6. The van der Waals surface area contributed by atoms with Gasteiger partial charge in [-0.2, -0.15) is 0 Å². The van der Waals surface area contributed by atoms with E-state index < -0.39 is 0 Å². The molecule has 3 aromatic heterocycles. The topological polar surface area (TPSA) is 38.4 Å². The normalized spacial score (nSPS) is 13.0. The van der Waals surface area contributed by atoms with E-state index in [0.717, 1.165) is 72.6 Å². The second kappa shape index (κ2) is 14.6. The van der Waals surface area contributed by atoms with Gasteiger partial charge in [0.05, 0.1) is 27.6 Å². The number of anilines is 3. The Morgan fingerprint density at radius 2 is 0.956 bits per heavy atom. The summed E-state index contributed by atoms with van der Waals surface area (Å²) in [5, 5.41) is 5.71. The van der Waals surface area contributed by atoms with Crippen LogP contribution in [0.25, 0.3) is 99.5 Å². The molecule has 0 aliphatic heterocycles. The lowest BCUT2D eigenvalue weighted by Gasteiger charge is -2.28. The van der Waals surface area contributed by atoms with Gasteiger partial charge in [0.2, 0.25) is 5.95 Å². The first-order chi connectivity index (χ1) is 33.5. The van der Waals surface area contributed by atoms with Crippen molar-refractivity contribution in [3.63, 3.8) is 0 Å². The third-order valence-corrected chi connectivity index (χ3v) is 14.5. The van der Waals surface area contributed by atoms with Gasteiger partial charge in [0.15, 0.2) is 0 Å². The van der Waals surface area contributed by atoms with Crippen molar-refractivity contribution in [3.05, 3.63) is 236 Å². The van der Waals surface area contributed by atoms with Gasteiger partial charge in [-0.3, -0.25) is 8.97 Å². The van der Waals surface area contributed by atoms with Crippen molar-refractivity contribution in [2.45, 2.75) is 19.3 Å². The molecule has 14 rings (SSSR count). The first kappa shape index (κ1) is 38.5. The fraction of sp³-hybridized carbons (Fsp3) is 0.0476. The van der Waals surface area contributed by atoms with E-state index in [9.17, 15) is 0 Å². The van der Waals surface area contributed by atoms with Crippen LogP contribution < -0.4 is 4.90 Å². The smallest absolute Gasteiger partial charge is 0.221 e. The van der Waals surface area contributed by atoms with E-state index in [1.807, 2.05) is 0 Å². The average Bonchev–Trinajstić information content (AvgIpc) is 4.03. The predicted molar refractivity (Wildman–Crippen MR) is 283 cm³/mol. The summed E-state index contributed by atoms with van der Waals surface area (Å²) < 4.78 is 4.61. The average molecular weight is 870 g/mol. The van der Waals surface area contributed by atoms with Crippen LogP contribution in [0.5, 0.6) is 0 Å². The van der Waals surface area contributed by atoms with Gasteiger partial charge in [-0.05, 0) is 123 Å². The van der Waals surface area contributed by atoms with E-state index in [-0.39, 0.29) is 5.41 Å². The molecule has 0 bridgehead atoms. The number of benzene rings is 10. The van der Waals surface area contributed by atoms with Crippen LogP contribution in [-0.4, -0.2) is 18.9 Å². The highest BCUT2D eigenvalue weighted by Gasteiger charge is 2.36. The van der Waals surface area contributed by atoms with Crippen LogP contribution >= 0.6 is 0 Å². The molecule has 0 N–H and O–H groups in total. The van der Waals surface area contributed by atoms with Gasteiger partial charge in [0, 0.05) is 44.0 Å². The highest BCUT2D eigenvalue weighted by atomic mass is 15.2. The van der Waals surface area contributed by atoms with Crippen LogP contribution in [0.2, 0.25) is 0 Å². The number of hydrogen-bond acceptors (Lipinski definition) is 3. The minimum Gasteiger partial charge on any atom is -0.310 e. The third kappa shape index (κ3) is 5.63. The van der Waals surface area contributed by atoms with Crippen LogP contribution in [0.1, 0.15) is 25.0 Å². The summed E-state index contributed by atoms with van der Waals surface area (Å²) >= 11 is 0. The summed E-state index contributed by atoms with van der Waals surface area (Å²) in [5.41, 5.74) is 19.3. The maximum atomic E-state index is 5.47. The lowest BCUT2D eigenvalue weighted by atomic mass is 9.82. The molecule has 1 aliphatic carbocycles. The van der Waals surface area contributed by atoms with Gasteiger partial charge in [0.25, 0.3) is 0 Å². The maximum absolute atomic E-state index is 5.47. The van der Waals surface area contributed by atoms with Crippen molar-refractivity contribution >= 4 is 77.2 Å². The molecular formula is C63H43N5. The second-order valence-electron chi connectivity index (χ2n) is 18.6. The molecule has 0 saturated heterocycles. The molecule has 0 amide bonds. The van der Waals surface area contributed by atoms with Crippen LogP contribution in [0.3, 0.4) is 0 Å². The molecule has 3 heterocycles. The van der Waals surface area contributed by atoms with E-state index in [1.165, 1.54) is 55.1 Å². The quantitative estimate of drug-likeness (QED) is 0.167. The fourth-order valence-corrected chi connectivity index (χ4v) is 11.2. The zero-order chi connectivity index (χ0) is 45.1. The van der Waals surface area contributed by atoms with Crippen LogP contribution in [0.15, 0.2) is 224 Å². The molecule has 0 fully saturated rings. The van der Waals surface area contributed by atoms with E-state index in [2.05, 4.69) is 252 Å². The molecule has 13 aromatic rings. The number of para-hydroxylation sites is 4. The molecule has 0 radical (unpaired) electrons. The molecule has 68 heavy (non-hydrogen) atoms. The summed E-state index contributed by atoms with van der Waals surface area (Å²) in [4.78, 5) is 13.1. The van der Waals surface area contributed by atoms with E-state index in [1.54, 1.807) is 0 Å². The zero-order valence-electron chi connectivity index (χ0n) is 37.6. The Morgan fingerprint density at radius 1 is 0.382 bits per heavy atom. The minimum absolute atomic E-state index is 0.125. The Kier molecular flexibility index (Phi) is 8.26. The molecule has 0 atom stereocenters. The van der Waals surface area contributed by atoms with E-state index >= 15 is 0 Å². The fourth-order valence-electron chi connectivity index (χ4n) is 11.2. The lowest BCUT2D eigenvalue weighted by molar-refractivity contribution is 0.660. The summed E-state index contributed by atoms with van der Waals surface area (Å²) in [6.07, 6.45) is 0. The molecule has 10 aromatic carbocycles. The first-order valence-electron chi connectivity index (χ1n) is 23.4. The number of nitrogens with zero attached hydrogens (tertiary/aromatic N) is 5. The van der Waals surface area contributed by atoms with E-state index in [0.29, 0.717) is 0 Å². The van der Waals surface area contributed by atoms with Gasteiger partial charge < -0.3 is 4.90 Å². The zero-order valence-corrected chi connectivity index (χ0v) is 37.6. The monoisotopic (exact) mass is 869 g/mol. The Labute approximate surface area is 393 Å². The predicted octanol–water partition coefficient (Wildman–Crippen LogP) is 16.4. The van der Waals surface area contributed by atoms with Gasteiger partial charge >= 0.3 is 0 Å². The van der Waals surface area contributed by atoms with Crippen molar-refractivity contribution in [3.8, 4) is 39.3 Å². The Morgan fingerprint density at radius 3 is 1.74 bits per heavy atom. The Balaban J connectivity index is 0.949.